The molecule has 0 saturated carbocycles. The van der Waals surface area contributed by atoms with Crippen LogP contribution in [0.5, 0.6) is 0 Å². The number of aryl methyl sites for hydroxylation is 2. The molecule has 0 N–H and O–H groups in total. The van der Waals surface area contributed by atoms with Crippen molar-refractivity contribution in [1.29, 1.82) is 0 Å². The third kappa shape index (κ3) is 3.98. The van der Waals surface area contributed by atoms with E-state index in [4.69, 9.17) is 9.15 Å². The summed E-state index contributed by atoms with van der Waals surface area (Å²) >= 11 is 0. The molecule has 32 heavy (non-hydrogen) atoms. The molecule has 2 heterocycles. The fraction of sp³-hybridized carbons (Fsp3) is 0.259. The average Bonchev–Trinajstić information content (AvgIpc) is 3.05. The van der Waals surface area contributed by atoms with E-state index in [0.717, 1.165) is 28.0 Å². The first-order chi connectivity index (χ1) is 15.3. The van der Waals surface area contributed by atoms with Crippen molar-refractivity contribution in [3.63, 3.8) is 0 Å². The molecule has 0 aliphatic heterocycles. The Morgan fingerprint density at radius 3 is 2.44 bits per heavy atom. The largest absolute Gasteiger partial charge is 0.457 e. The molecule has 5 heteroatoms. The number of esters is 1. The lowest BCUT2D eigenvalue weighted by Gasteiger charge is -2.13. The van der Waals surface area contributed by atoms with E-state index in [1.54, 1.807) is 0 Å². The second kappa shape index (κ2) is 8.50. The van der Waals surface area contributed by atoms with Gasteiger partial charge in [0.2, 0.25) is 0 Å². The van der Waals surface area contributed by atoms with E-state index >= 15 is 0 Å². The zero-order valence-electron chi connectivity index (χ0n) is 19.1. The van der Waals surface area contributed by atoms with E-state index in [1.165, 1.54) is 11.6 Å². The van der Waals surface area contributed by atoms with Crippen molar-refractivity contribution in [2.24, 2.45) is 0 Å². The highest BCUT2D eigenvalue weighted by Gasteiger charge is 2.19. The summed E-state index contributed by atoms with van der Waals surface area (Å²) in [4.78, 5) is 25.0. The van der Waals surface area contributed by atoms with E-state index in [9.17, 15) is 9.59 Å². The van der Waals surface area contributed by atoms with E-state index in [0.29, 0.717) is 22.6 Å². The molecule has 164 valence electrons. The number of carbonyl (C=O) groups excluding carboxylic acids is 1. The number of ether oxygens (including phenoxy) is 1. The number of rotatable bonds is 5. The first-order valence-electron chi connectivity index (χ1n) is 10.7. The molecule has 0 saturated heterocycles. The van der Waals surface area contributed by atoms with Crippen molar-refractivity contribution in [2.45, 2.75) is 47.1 Å². The molecule has 0 bridgehead atoms. The van der Waals surface area contributed by atoms with Crippen LogP contribution >= 0.6 is 0 Å². The molecule has 0 atom stereocenters. The minimum absolute atomic E-state index is 0.00344. The van der Waals surface area contributed by atoms with Gasteiger partial charge in [-0.25, -0.2) is 9.59 Å². The molecule has 0 aliphatic carbocycles. The molecule has 4 aromatic rings. The van der Waals surface area contributed by atoms with Gasteiger partial charge in [0.1, 0.15) is 12.2 Å². The van der Waals surface area contributed by atoms with Crippen molar-refractivity contribution in [3.05, 3.63) is 98.7 Å². The van der Waals surface area contributed by atoms with Gasteiger partial charge in [-0.2, -0.15) is 0 Å². The quantitative estimate of drug-likeness (QED) is 0.289. The number of aromatic nitrogens is 1. The molecule has 0 aliphatic rings. The van der Waals surface area contributed by atoms with Crippen molar-refractivity contribution in [2.75, 3.05) is 0 Å². The summed E-state index contributed by atoms with van der Waals surface area (Å²) in [7, 11) is 0. The Morgan fingerprint density at radius 1 is 1.03 bits per heavy atom. The number of para-hydroxylation sites is 1. The van der Waals surface area contributed by atoms with E-state index < -0.39 is 11.6 Å². The van der Waals surface area contributed by atoms with Crippen molar-refractivity contribution >= 4 is 16.9 Å². The van der Waals surface area contributed by atoms with Crippen LogP contribution in [0, 0.1) is 20.8 Å². The van der Waals surface area contributed by atoms with Crippen LogP contribution in [0.25, 0.3) is 16.7 Å². The van der Waals surface area contributed by atoms with Crippen LogP contribution in [-0.2, 0) is 11.3 Å². The smallest absolute Gasteiger partial charge is 0.340 e. The second-order valence-corrected chi connectivity index (χ2v) is 8.48. The maximum atomic E-state index is 12.9. The number of benzene rings is 2. The predicted molar refractivity (Wildman–Crippen MR) is 126 cm³/mol. The third-order valence-electron chi connectivity index (χ3n) is 5.86. The molecule has 0 amide bonds. The maximum Gasteiger partial charge on any atom is 0.340 e. The molecule has 0 unspecified atom stereocenters. The summed E-state index contributed by atoms with van der Waals surface area (Å²) in [6.07, 6.45) is 0. The van der Waals surface area contributed by atoms with Crippen molar-refractivity contribution < 1.29 is 13.9 Å². The SMILES string of the molecule is Cc1cc2oc(=O)cc(COC(=O)c3cc(C)n(-c4ccccc4)c3C)c2cc1C(C)C. The number of fused-ring (bicyclic) bond motifs is 1. The lowest BCUT2D eigenvalue weighted by atomic mass is 9.95. The van der Waals surface area contributed by atoms with Gasteiger partial charge in [0.05, 0.1) is 5.56 Å². The minimum Gasteiger partial charge on any atom is -0.457 e. The number of nitrogens with zero attached hydrogens (tertiary/aromatic N) is 1. The second-order valence-electron chi connectivity index (χ2n) is 8.48. The van der Waals surface area contributed by atoms with Gasteiger partial charge in [-0.15, -0.1) is 0 Å². The monoisotopic (exact) mass is 429 g/mol. The van der Waals surface area contributed by atoms with Crippen LogP contribution < -0.4 is 5.63 Å². The van der Waals surface area contributed by atoms with Crippen LogP contribution in [0.1, 0.15) is 58.2 Å². The zero-order chi connectivity index (χ0) is 23.0. The molecule has 2 aromatic heterocycles. The summed E-state index contributed by atoms with van der Waals surface area (Å²) in [6.45, 7) is 10.1. The number of hydrogen-bond acceptors (Lipinski definition) is 4. The summed E-state index contributed by atoms with van der Waals surface area (Å²) in [6, 6.07) is 17.0. The van der Waals surface area contributed by atoms with Gasteiger partial charge < -0.3 is 13.7 Å². The Bertz CT molecular complexity index is 1360. The molecule has 0 radical (unpaired) electrons. The van der Waals surface area contributed by atoms with Gasteiger partial charge in [-0.05, 0) is 68.1 Å². The summed E-state index contributed by atoms with van der Waals surface area (Å²) in [5, 5.41) is 0.793. The van der Waals surface area contributed by atoms with Crippen LogP contribution in [-0.4, -0.2) is 10.5 Å². The van der Waals surface area contributed by atoms with Crippen LogP contribution in [0.3, 0.4) is 0 Å². The Morgan fingerprint density at radius 2 is 1.75 bits per heavy atom. The highest BCUT2D eigenvalue weighted by Crippen LogP contribution is 2.28. The van der Waals surface area contributed by atoms with Crippen LogP contribution in [0.15, 0.2) is 63.8 Å². The van der Waals surface area contributed by atoms with Gasteiger partial charge in [-0.1, -0.05) is 32.0 Å². The van der Waals surface area contributed by atoms with Gasteiger partial charge in [0.15, 0.2) is 0 Å². The molecule has 2 aromatic carbocycles. The lowest BCUT2D eigenvalue weighted by Crippen LogP contribution is -2.09. The predicted octanol–water partition coefficient (Wildman–Crippen LogP) is 5.99. The highest BCUT2D eigenvalue weighted by molar-refractivity contribution is 5.91. The van der Waals surface area contributed by atoms with Gasteiger partial charge in [0.25, 0.3) is 0 Å². The molecule has 5 nitrogen and oxygen atoms in total. The molecular formula is C27H27NO4. The summed E-state index contributed by atoms with van der Waals surface area (Å²) in [5.74, 6) is -0.0945. The van der Waals surface area contributed by atoms with Crippen LogP contribution in [0.2, 0.25) is 0 Å². The molecule has 0 fully saturated rings. The van der Waals surface area contributed by atoms with Crippen LogP contribution in [0.4, 0.5) is 0 Å². The Balaban J connectivity index is 1.65. The summed E-state index contributed by atoms with van der Waals surface area (Å²) < 4.78 is 13.1. The van der Waals surface area contributed by atoms with E-state index in [-0.39, 0.29) is 6.61 Å². The van der Waals surface area contributed by atoms with Crippen molar-refractivity contribution in [1.82, 2.24) is 4.57 Å². The topological polar surface area (TPSA) is 61.4 Å². The first-order valence-corrected chi connectivity index (χ1v) is 10.7. The highest BCUT2D eigenvalue weighted by atomic mass is 16.5. The lowest BCUT2D eigenvalue weighted by molar-refractivity contribution is 0.0473. The molecular weight excluding hydrogens is 402 g/mol. The first kappa shape index (κ1) is 21.6. The Labute approximate surface area is 187 Å². The van der Waals surface area contributed by atoms with E-state index in [1.807, 2.05) is 73.9 Å². The van der Waals surface area contributed by atoms with Gasteiger partial charge in [-0.3, -0.25) is 0 Å². The Hall–Kier alpha value is -3.60. The third-order valence-corrected chi connectivity index (χ3v) is 5.86. The normalized spacial score (nSPS) is 11.3. The maximum absolute atomic E-state index is 12.9. The average molecular weight is 430 g/mol. The Kier molecular flexibility index (Phi) is 5.74. The number of carbonyl (C=O) groups is 1. The summed E-state index contributed by atoms with van der Waals surface area (Å²) in [5.41, 5.74) is 6.20. The fourth-order valence-corrected chi connectivity index (χ4v) is 4.30. The molecule has 4 rings (SSSR count). The standard InChI is InChI=1S/C27H27NO4/c1-16(2)22-14-24-20(13-26(29)32-25(24)11-17(22)3)15-31-27(30)23-12-18(4)28(19(23)5)21-9-7-6-8-10-21/h6-14,16H,15H2,1-5H3. The zero-order valence-corrected chi connectivity index (χ0v) is 19.1. The minimum atomic E-state index is -0.456. The molecule has 0 spiro atoms. The van der Waals surface area contributed by atoms with Crippen molar-refractivity contribution in [3.8, 4) is 5.69 Å². The van der Waals surface area contributed by atoms with E-state index in [2.05, 4.69) is 13.8 Å². The van der Waals surface area contributed by atoms with Gasteiger partial charge in [0, 0.05) is 34.1 Å². The van der Waals surface area contributed by atoms with Gasteiger partial charge >= 0.3 is 11.6 Å². The number of hydrogen-bond donors (Lipinski definition) is 0. The fourth-order valence-electron chi connectivity index (χ4n) is 4.30.